The van der Waals surface area contributed by atoms with Gasteiger partial charge in [0.05, 0.1) is 6.07 Å². The maximum absolute atomic E-state index is 11.6. The Morgan fingerprint density at radius 3 is 2.71 bits per heavy atom. The molecular weight excluding hydrogens is 218 g/mol. The van der Waals surface area contributed by atoms with Gasteiger partial charge in [0.2, 0.25) is 5.91 Å². The minimum atomic E-state index is -0.695. The van der Waals surface area contributed by atoms with Crippen molar-refractivity contribution in [3.8, 4) is 6.07 Å². The number of likely N-dealkylation sites (tertiary alicyclic amines) is 1. The van der Waals surface area contributed by atoms with Crippen molar-refractivity contribution in [1.29, 1.82) is 5.26 Å². The van der Waals surface area contributed by atoms with Gasteiger partial charge in [0.25, 0.3) is 0 Å². The van der Waals surface area contributed by atoms with E-state index in [2.05, 4.69) is 16.3 Å². The first-order chi connectivity index (χ1) is 8.12. The van der Waals surface area contributed by atoms with Crippen LogP contribution in [0.15, 0.2) is 0 Å². The van der Waals surface area contributed by atoms with E-state index in [1.54, 1.807) is 0 Å². The lowest BCUT2D eigenvalue weighted by atomic mass is 9.89. The Kier molecular flexibility index (Phi) is 5.39. The van der Waals surface area contributed by atoms with Crippen LogP contribution in [-0.2, 0) is 9.53 Å². The van der Waals surface area contributed by atoms with E-state index in [1.807, 2.05) is 14.0 Å². The molecule has 0 aliphatic carbocycles. The summed E-state index contributed by atoms with van der Waals surface area (Å²) in [7, 11) is 2.02. The van der Waals surface area contributed by atoms with E-state index < -0.39 is 5.54 Å². The molecule has 17 heavy (non-hydrogen) atoms. The number of carbonyl (C=O) groups is 1. The van der Waals surface area contributed by atoms with Gasteiger partial charge in [0, 0.05) is 19.7 Å². The van der Waals surface area contributed by atoms with E-state index in [4.69, 9.17) is 4.74 Å². The number of ether oxygens (including phenoxy) is 1. The fraction of sp³-hybridized carbons (Fsp3) is 0.833. The summed E-state index contributed by atoms with van der Waals surface area (Å²) in [5.74, 6) is -0.190. The molecule has 1 aliphatic rings. The highest BCUT2D eigenvalue weighted by Gasteiger charge is 2.35. The fourth-order valence-electron chi connectivity index (χ4n) is 1.88. The molecule has 5 nitrogen and oxygen atoms in total. The standard InChI is InChI=1S/C12H21N3O2/c1-3-8-17-9-11(16)14-12(10-13)4-6-15(2)7-5-12/h3-9H2,1-2H3,(H,14,16). The number of nitriles is 1. The van der Waals surface area contributed by atoms with Crippen LogP contribution in [0.2, 0.25) is 0 Å². The third-order valence-corrected chi connectivity index (χ3v) is 3.01. The molecule has 1 heterocycles. The molecule has 1 fully saturated rings. The summed E-state index contributed by atoms with van der Waals surface area (Å²) < 4.78 is 5.16. The Morgan fingerprint density at radius 1 is 1.53 bits per heavy atom. The number of piperidine rings is 1. The second-order valence-corrected chi connectivity index (χ2v) is 4.60. The summed E-state index contributed by atoms with van der Waals surface area (Å²) in [5.41, 5.74) is -0.695. The molecule has 0 atom stereocenters. The number of amides is 1. The van der Waals surface area contributed by atoms with Crippen molar-refractivity contribution in [3.63, 3.8) is 0 Å². The van der Waals surface area contributed by atoms with Crippen molar-refractivity contribution in [2.45, 2.75) is 31.7 Å². The summed E-state index contributed by atoms with van der Waals surface area (Å²) in [6, 6.07) is 2.25. The third kappa shape index (κ3) is 4.33. The minimum Gasteiger partial charge on any atom is -0.372 e. The van der Waals surface area contributed by atoms with Gasteiger partial charge in [-0.15, -0.1) is 0 Å². The molecule has 0 spiro atoms. The lowest BCUT2D eigenvalue weighted by Crippen LogP contribution is -2.54. The van der Waals surface area contributed by atoms with E-state index >= 15 is 0 Å². The summed E-state index contributed by atoms with van der Waals surface area (Å²) in [6.07, 6.45) is 2.25. The highest BCUT2D eigenvalue weighted by molar-refractivity contribution is 5.78. The molecule has 0 radical (unpaired) electrons. The predicted molar refractivity (Wildman–Crippen MR) is 64.3 cm³/mol. The van der Waals surface area contributed by atoms with Gasteiger partial charge < -0.3 is 15.0 Å². The zero-order valence-corrected chi connectivity index (χ0v) is 10.7. The molecule has 0 aromatic rings. The van der Waals surface area contributed by atoms with E-state index in [0.717, 1.165) is 19.5 Å². The fourth-order valence-corrected chi connectivity index (χ4v) is 1.88. The van der Waals surface area contributed by atoms with Crippen molar-refractivity contribution in [3.05, 3.63) is 0 Å². The average molecular weight is 239 g/mol. The molecule has 1 amide bonds. The largest absolute Gasteiger partial charge is 0.372 e. The molecule has 1 saturated heterocycles. The lowest BCUT2D eigenvalue weighted by Gasteiger charge is -2.35. The molecule has 1 rings (SSSR count). The van der Waals surface area contributed by atoms with Gasteiger partial charge in [-0.25, -0.2) is 0 Å². The molecule has 0 aromatic carbocycles. The summed E-state index contributed by atoms with van der Waals surface area (Å²) in [5, 5.41) is 12.0. The van der Waals surface area contributed by atoms with Crippen LogP contribution in [0, 0.1) is 11.3 Å². The van der Waals surface area contributed by atoms with Gasteiger partial charge in [0.15, 0.2) is 0 Å². The Hall–Kier alpha value is -1.12. The maximum atomic E-state index is 11.6. The van der Waals surface area contributed by atoms with Gasteiger partial charge >= 0.3 is 0 Å². The van der Waals surface area contributed by atoms with Crippen LogP contribution >= 0.6 is 0 Å². The smallest absolute Gasteiger partial charge is 0.247 e. The van der Waals surface area contributed by atoms with Gasteiger partial charge in [-0.3, -0.25) is 4.79 Å². The highest BCUT2D eigenvalue weighted by atomic mass is 16.5. The molecule has 0 aromatic heterocycles. The highest BCUT2D eigenvalue weighted by Crippen LogP contribution is 2.20. The number of hydrogen-bond acceptors (Lipinski definition) is 4. The molecule has 1 aliphatic heterocycles. The Balaban J connectivity index is 2.41. The molecule has 0 unspecified atom stereocenters. The first-order valence-electron chi connectivity index (χ1n) is 6.10. The van der Waals surface area contributed by atoms with Crippen LogP contribution in [0.1, 0.15) is 26.2 Å². The Morgan fingerprint density at radius 2 is 2.18 bits per heavy atom. The second kappa shape index (κ2) is 6.58. The number of rotatable bonds is 5. The van der Waals surface area contributed by atoms with Gasteiger partial charge in [-0.05, 0) is 26.3 Å². The van der Waals surface area contributed by atoms with Crippen LogP contribution in [0.4, 0.5) is 0 Å². The van der Waals surface area contributed by atoms with Crippen molar-refractivity contribution >= 4 is 5.91 Å². The minimum absolute atomic E-state index is 0.0487. The van der Waals surface area contributed by atoms with Crippen molar-refractivity contribution in [2.24, 2.45) is 0 Å². The zero-order chi connectivity index (χ0) is 12.7. The quantitative estimate of drug-likeness (QED) is 0.710. The maximum Gasteiger partial charge on any atom is 0.247 e. The average Bonchev–Trinajstić information content (AvgIpc) is 2.33. The van der Waals surface area contributed by atoms with Crippen LogP contribution in [0.3, 0.4) is 0 Å². The molecule has 0 bridgehead atoms. The van der Waals surface area contributed by atoms with E-state index in [1.165, 1.54) is 0 Å². The van der Waals surface area contributed by atoms with Crippen molar-refractivity contribution in [1.82, 2.24) is 10.2 Å². The summed E-state index contributed by atoms with van der Waals surface area (Å²) >= 11 is 0. The van der Waals surface area contributed by atoms with Crippen molar-refractivity contribution in [2.75, 3.05) is 33.4 Å². The first-order valence-corrected chi connectivity index (χ1v) is 6.10. The number of nitrogens with zero attached hydrogens (tertiary/aromatic N) is 2. The molecule has 1 N–H and O–H groups in total. The molecule has 0 saturated carbocycles. The second-order valence-electron chi connectivity index (χ2n) is 4.60. The zero-order valence-electron chi connectivity index (χ0n) is 10.7. The third-order valence-electron chi connectivity index (χ3n) is 3.01. The van der Waals surface area contributed by atoms with E-state index in [-0.39, 0.29) is 12.5 Å². The van der Waals surface area contributed by atoms with E-state index in [9.17, 15) is 10.1 Å². The summed E-state index contributed by atoms with van der Waals surface area (Å²) in [6.45, 7) is 4.29. The number of carbonyl (C=O) groups excluding carboxylic acids is 1. The molecule has 96 valence electrons. The SMILES string of the molecule is CCCOCC(=O)NC1(C#N)CCN(C)CC1. The van der Waals surface area contributed by atoms with Crippen molar-refractivity contribution < 1.29 is 9.53 Å². The topological polar surface area (TPSA) is 65.4 Å². The van der Waals surface area contributed by atoms with Crippen LogP contribution in [-0.4, -0.2) is 49.7 Å². The van der Waals surface area contributed by atoms with Crippen LogP contribution in [0.5, 0.6) is 0 Å². The normalized spacial score (nSPS) is 19.6. The van der Waals surface area contributed by atoms with Gasteiger partial charge in [0.1, 0.15) is 12.1 Å². The summed E-state index contributed by atoms with van der Waals surface area (Å²) in [4.78, 5) is 13.8. The Labute approximate surface area is 103 Å². The monoisotopic (exact) mass is 239 g/mol. The lowest BCUT2D eigenvalue weighted by molar-refractivity contribution is -0.127. The van der Waals surface area contributed by atoms with E-state index in [0.29, 0.717) is 19.4 Å². The van der Waals surface area contributed by atoms with Crippen LogP contribution < -0.4 is 5.32 Å². The number of nitrogens with one attached hydrogen (secondary N) is 1. The molecule has 5 heteroatoms. The van der Waals surface area contributed by atoms with Crippen LogP contribution in [0.25, 0.3) is 0 Å². The Bertz CT molecular complexity index is 291. The predicted octanol–water partition coefficient (Wildman–Crippen LogP) is 0.517. The first kappa shape index (κ1) is 13.9. The number of hydrogen-bond donors (Lipinski definition) is 1. The van der Waals surface area contributed by atoms with Gasteiger partial charge in [-0.1, -0.05) is 6.92 Å². The van der Waals surface area contributed by atoms with Gasteiger partial charge in [-0.2, -0.15) is 5.26 Å². The molecular formula is C12H21N3O2.